The van der Waals surface area contributed by atoms with Crippen LogP contribution in [0.1, 0.15) is 18.4 Å². The number of carbonyl (C=O) groups excluding carboxylic acids is 1. The Bertz CT molecular complexity index is 581. The van der Waals surface area contributed by atoms with Gasteiger partial charge in [0.2, 0.25) is 0 Å². The van der Waals surface area contributed by atoms with Gasteiger partial charge in [0, 0.05) is 12.2 Å². The number of hydrogen-bond donors (Lipinski definition) is 2. The lowest BCUT2D eigenvalue weighted by atomic mass is 10.0. The largest absolute Gasteiger partial charge is 0.334 e. The lowest BCUT2D eigenvalue weighted by Crippen LogP contribution is -2.40. The summed E-state index contributed by atoms with van der Waals surface area (Å²) >= 11 is 0. The zero-order valence-corrected chi connectivity index (χ0v) is 11.8. The zero-order chi connectivity index (χ0) is 14.5. The van der Waals surface area contributed by atoms with E-state index in [2.05, 4.69) is 27.8 Å². The number of benzene rings is 1. The van der Waals surface area contributed by atoms with Crippen molar-refractivity contribution in [2.75, 3.05) is 5.32 Å². The monoisotopic (exact) mass is 281 g/mol. The number of anilines is 1. The fraction of sp³-hybridized carbons (Fsp3) is 0.294. The SMILES string of the molecule is O=C(Nc1ccccn1)N[C@@H](Cc1ccccc1)C1CC1. The van der Waals surface area contributed by atoms with Gasteiger partial charge in [-0.3, -0.25) is 5.32 Å². The van der Waals surface area contributed by atoms with Crippen molar-refractivity contribution < 1.29 is 4.79 Å². The quantitative estimate of drug-likeness (QED) is 0.884. The summed E-state index contributed by atoms with van der Waals surface area (Å²) < 4.78 is 0. The van der Waals surface area contributed by atoms with Gasteiger partial charge in [0.05, 0.1) is 0 Å². The van der Waals surface area contributed by atoms with Crippen LogP contribution in [0, 0.1) is 5.92 Å². The van der Waals surface area contributed by atoms with Gasteiger partial charge in [0.1, 0.15) is 5.82 Å². The van der Waals surface area contributed by atoms with Crippen LogP contribution in [-0.2, 0) is 6.42 Å². The van der Waals surface area contributed by atoms with Gasteiger partial charge in [0.15, 0.2) is 0 Å². The van der Waals surface area contributed by atoms with E-state index in [1.54, 1.807) is 12.3 Å². The molecule has 4 heteroatoms. The summed E-state index contributed by atoms with van der Waals surface area (Å²) in [5.74, 6) is 1.17. The van der Waals surface area contributed by atoms with Crippen molar-refractivity contribution in [1.82, 2.24) is 10.3 Å². The highest BCUT2D eigenvalue weighted by Crippen LogP contribution is 2.34. The van der Waals surface area contributed by atoms with Crippen LogP contribution in [-0.4, -0.2) is 17.1 Å². The van der Waals surface area contributed by atoms with Crippen LogP contribution in [0.15, 0.2) is 54.7 Å². The molecular formula is C17H19N3O. The first-order valence-electron chi connectivity index (χ1n) is 7.34. The first-order chi connectivity index (χ1) is 10.3. The predicted octanol–water partition coefficient (Wildman–Crippen LogP) is 3.22. The summed E-state index contributed by atoms with van der Waals surface area (Å²) in [7, 11) is 0. The van der Waals surface area contributed by atoms with Crippen LogP contribution in [0.5, 0.6) is 0 Å². The second-order valence-corrected chi connectivity index (χ2v) is 5.45. The third kappa shape index (κ3) is 4.05. The first-order valence-corrected chi connectivity index (χ1v) is 7.34. The second kappa shape index (κ2) is 6.39. The Kier molecular flexibility index (Phi) is 4.15. The number of hydrogen-bond acceptors (Lipinski definition) is 2. The molecule has 1 atom stereocenters. The minimum absolute atomic E-state index is 0.179. The van der Waals surface area contributed by atoms with Crippen molar-refractivity contribution in [3.05, 3.63) is 60.3 Å². The number of pyridine rings is 1. The van der Waals surface area contributed by atoms with Crippen LogP contribution >= 0.6 is 0 Å². The van der Waals surface area contributed by atoms with E-state index in [-0.39, 0.29) is 12.1 Å². The maximum absolute atomic E-state index is 12.1. The van der Waals surface area contributed by atoms with Gasteiger partial charge < -0.3 is 5.32 Å². The van der Waals surface area contributed by atoms with Crippen LogP contribution in [0.3, 0.4) is 0 Å². The van der Waals surface area contributed by atoms with E-state index in [1.165, 1.54) is 18.4 Å². The smallest absolute Gasteiger partial charge is 0.320 e. The Labute approximate surface area is 124 Å². The first kappa shape index (κ1) is 13.6. The molecule has 1 aromatic carbocycles. The highest BCUT2D eigenvalue weighted by Gasteiger charge is 2.32. The van der Waals surface area contributed by atoms with E-state index >= 15 is 0 Å². The summed E-state index contributed by atoms with van der Waals surface area (Å²) in [6.45, 7) is 0. The minimum atomic E-state index is -0.179. The molecule has 2 N–H and O–H groups in total. The molecule has 1 aromatic heterocycles. The zero-order valence-electron chi connectivity index (χ0n) is 11.8. The topological polar surface area (TPSA) is 54.0 Å². The summed E-state index contributed by atoms with van der Waals surface area (Å²) in [4.78, 5) is 16.2. The summed E-state index contributed by atoms with van der Waals surface area (Å²) in [6, 6.07) is 15.8. The lowest BCUT2D eigenvalue weighted by Gasteiger charge is -2.18. The van der Waals surface area contributed by atoms with Crippen LogP contribution < -0.4 is 10.6 Å². The molecular weight excluding hydrogens is 262 g/mol. The van der Waals surface area contributed by atoms with Crippen molar-refractivity contribution in [1.29, 1.82) is 0 Å². The summed E-state index contributed by atoms with van der Waals surface area (Å²) in [5, 5.41) is 5.87. The molecule has 1 aliphatic rings. The average Bonchev–Trinajstić information content (AvgIpc) is 3.33. The van der Waals surface area contributed by atoms with Gasteiger partial charge in [-0.2, -0.15) is 0 Å². The highest BCUT2D eigenvalue weighted by atomic mass is 16.2. The van der Waals surface area contributed by atoms with Crippen LogP contribution in [0.4, 0.5) is 10.6 Å². The second-order valence-electron chi connectivity index (χ2n) is 5.45. The molecule has 0 unspecified atom stereocenters. The number of nitrogens with zero attached hydrogens (tertiary/aromatic N) is 1. The highest BCUT2D eigenvalue weighted by molar-refractivity contribution is 5.88. The van der Waals surface area contributed by atoms with Gasteiger partial charge in [0.25, 0.3) is 0 Å². The number of nitrogens with one attached hydrogen (secondary N) is 2. The molecule has 4 nitrogen and oxygen atoms in total. The molecule has 0 saturated heterocycles. The van der Waals surface area contributed by atoms with E-state index in [1.807, 2.05) is 30.3 Å². The molecule has 3 rings (SSSR count). The molecule has 1 saturated carbocycles. The molecule has 1 heterocycles. The molecule has 0 bridgehead atoms. The van der Waals surface area contributed by atoms with Crippen LogP contribution in [0.2, 0.25) is 0 Å². The maximum Gasteiger partial charge on any atom is 0.320 e. The van der Waals surface area contributed by atoms with Crippen molar-refractivity contribution in [3.63, 3.8) is 0 Å². The molecule has 0 aliphatic heterocycles. The van der Waals surface area contributed by atoms with Gasteiger partial charge in [-0.1, -0.05) is 36.4 Å². The van der Waals surface area contributed by atoms with Crippen molar-refractivity contribution in [3.8, 4) is 0 Å². The van der Waals surface area contributed by atoms with Crippen LogP contribution in [0.25, 0.3) is 0 Å². The van der Waals surface area contributed by atoms with E-state index in [0.29, 0.717) is 11.7 Å². The standard InChI is InChI=1S/C17H19N3O/c21-17(20-16-8-4-5-11-18-16)19-15(14-9-10-14)12-13-6-2-1-3-7-13/h1-8,11,14-15H,9-10,12H2,(H2,18,19,20,21)/t15-/m0/s1. The van der Waals surface area contributed by atoms with Gasteiger partial charge >= 0.3 is 6.03 Å². The molecule has 2 amide bonds. The number of amides is 2. The molecule has 2 aromatic rings. The van der Waals surface area contributed by atoms with E-state index in [4.69, 9.17) is 0 Å². The van der Waals surface area contributed by atoms with Crippen molar-refractivity contribution in [2.45, 2.75) is 25.3 Å². The Morgan fingerprint density at radius 1 is 1.14 bits per heavy atom. The van der Waals surface area contributed by atoms with Gasteiger partial charge in [-0.05, 0) is 42.9 Å². The third-order valence-electron chi connectivity index (χ3n) is 3.71. The Hall–Kier alpha value is -2.36. The molecule has 21 heavy (non-hydrogen) atoms. The number of aromatic nitrogens is 1. The summed E-state index contributed by atoms with van der Waals surface area (Å²) in [5.41, 5.74) is 1.26. The average molecular weight is 281 g/mol. The fourth-order valence-corrected chi connectivity index (χ4v) is 2.46. The molecule has 108 valence electrons. The molecule has 1 aliphatic carbocycles. The maximum atomic E-state index is 12.1. The Morgan fingerprint density at radius 3 is 2.57 bits per heavy atom. The number of carbonyl (C=O) groups is 1. The fourth-order valence-electron chi connectivity index (χ4n) is 2.46. The predicted molar refractivity (Wildman–Crippen MR) is 83.0 cm³/mol. The molecule has 1 fully saturated rings. The number of urea groups is 1. The normalized spacial score (nSPS) is 15.2. The van der Waals surface area contributed by atoms with Crippen molar-refractivity contribution in [2.24, 2.45) is 5.92 Å². The van der Waals surface area contributed by atoms with E-state index < -0.39 is 0 Å². The van der Waals surface area contributed by atoms with E-state index in [0.717, 1.165) is 6.42 Å². The van der Waals surface area contributed by atoms with Crippen molar-refractivity contribution >= 4 is 11.8 Å². The lowest BCUT2D eigenvalue weighted by molar-refractivity contribution is 0.246. The van der Waals surface area contributed by atoms with E-state index in [9.17, 15) is 4.79 Å². The molecule has 0 radical (unpaired) electrons. The summed E-state index contributed by atoms with van der Waals surface area (Å²) in [6.07, 6.45) is 4.93. The number of rotatable bonds is 5. The van der Waals surface area contributed by atoms with Gasteiger partial charge in [-0.25, -0.2) is 9.78 Å². The Balaban J connectivity index is 1.59. The van der Waals surface area contributed by atoms with Gasteiger partial charge in [-0.15, -0.1) is 0 Å². The third-order valence-corrected chi connectivity index (χ3v) is 3.71. The Morgan fingerprint density at radius 2 is 1.90 bits per heavy atom. The minimum Gasteiger partial charge on any atom is -0.334 e. The molecule has 0 spiro atoms.